The zero-order chi connectivity index (χ0) is 23.8. The molecule has 0 amide bonds. The molecule has 0 saturated heterocycles. The molecular weight excluding hydrogens is 457 g/mol. The molecule has 170 valence electrons. The maximum absolute atomic E-state index is 13.0. The molecule has 0 N–H and O–H groups in total. The Morgan fingerprint density at radius 1 is 1.00 bits per heavy atom. The summed E-state index contributed by atoms with van der Waals surface area (Å²) < 4.78 is 45.8. The van der Waals surface area contributed by atoms with Gasteiger partial charge in [0, 0.05) is 7.05 Å². The lowest BCUT2D eigenvalue weighted by atomic mass is 10.1. The minimum Gasteiger partial charge on any atom is -0.457 e. The van der Waals surface area contributed by atoms with Crippen LogP contribution in [0.25, 0.3) is 10.2 Å². The van der Waals surface area contributed by atoms with Crippen molar-refractivity contribution in [2.24, 2.45) is 7.05 Å². The fraction of sp³-hybridized carbons (Fsp3) is 0.174. The van der Waals surface area contributed by atoms with Crippen LogP contribution in [0, 0.1) is 0 Å². The van der Waals surface area contributed by atoms with E-state index in [1.54, 1.807) is 0 Å². The average molecular weight is 474 g/mol. The molecular formula is C23H17F3N2O4S. The Balaban J connectivity index is 1.64. The van der Waals surface area contributed by atoms with Crippen LogP contribution in [0.5, 0.6) is 0 Å². The summed E-state index contributed by atoms with van der Waals surface area (Å²) in [7, 11) is 1.46. The molecule has 4 rings (SSSR count). The number of aromatic nitrogens is 2. The van der Waals surface area contributed by atoms with Crippen molar-refractivity contribution >= 4 is 27.5 Å². The lowest BCUT2D eigenvalue weighted by molar-refractivity contribution is -0.137. The Hall–Kier alpha value is -3.66. The zero-order valence-electron chi connectivity index (χ0n) is 17.3. The quantitative estimate of drug-likeness (QED) is 0.407. The first kappa shape index (κ1) is 22.5. The summed E-state index contributed by atoms with van der Waals surface area (Å²) >= 11 is 0.965. The number of fused-ring (bicyclic) bond motifs is 1. The standard InChI is InChI=1S/C23H17F3N2O4S/c1-27-20-17(11-18(33-20)21(30)32-13-15-5-3-2-4-6-15)19(29)28(22(27)31)12-14-7-9-16(10-8-14)23(24,25)26/h2-11H,12-13H2,1H3. The lowest BCUT2D eigenvalue weighted by Gasteiger charge is -2.10. The van der Waals surface area contributed by atoms with Gasteiger partial charge in [-0.05, 0) is 29.3 Å². The second-order valence-electron chi connectivity index (χ2n) is 7.32. The van der Waals surface area contributed by atoms with E-state index in [0.29, 0.717) is 10.4 Å². The van der Waals surface area contributed by atoms with E-state index >= 15 is 0 Å². The second-order valence-corrected chi connectivity index (χ2v) is 8.35. The first-order chi connectivity index (χ1) is 15.6. The molecule has 0 aliphatic rings. The van der Waals surface area contributed by atoms with Crippen LogP contribution in [0.15, 0.2) is 70.3 Å². The predicted octanol–water partition coefficient (Wildman–Crippen LogP) is 4.19. The number of benzene rings is 2. The molecule has 0 bridgehead atoms. The van der Waals surface area contributed by atoms with Gasteiger partial charge in [0.15, 0.2) is 0 Å². The fourth-order valence-corrected chi connectivity index (χ4v) is 4.30. The summed E-state index contributed by atoms with van der Waals surface area (Å²) in [6, 6.07) is 14.7. The monoisotopic (exact) mass is 474 g/mol. The van der Waals surface area contributed by atoms with Crippen LogP contribution in [-0.4, -0.2) is 15.1 Å². The molecule has 0 saturated carbocycles. The molecule has 10 heteroatoms. The molecule has 0 fully saturated rings. The Morgan fingerprint density at radius 3 is 2.30 bits per heavy atom. The van der Waals surface area contributed by atoms with Crippen molar-refractivity contribution in [3.8, 4) is 0 Å². The summed E-state index contributed by atoms with van der Waals surface area (Å²) in [6.45, 7) is -0.145. The summed E-state index contributed by atoms with van der Waals surface area (Å²) in [6.07, 6.45) is -4.48. The van der Waals surface area contributed by atoms with Gasteiger partial charge in [-0.1, -0.05) is 42.5 Å². The lowest BCUT2D eigenvalue weighted by Crippen LogP contribution is -2.38. The molecule has 0 radical (unpaired) electrons. The maximum atomic E-state index is 13.0. The molecule has 0 aliphatic carbocycles. The van der Waals surface area contributed by atoms with E-state index in [2.05, 4.69) is 0 Å². The largest absolute Gasteiger partial charge is 0.457 e. The normalized spacial score (nSPS) is 11.6. The van der Waals surface area contributed by atoms with E-state index < -0.39 is 29.0 Å². The number of rotatable bonds is 5. The summed E-state index contributed by atoms with van der Waals surface area (Å²) in [4.78, 5) is 38.7. The van der Waals surface area contributed by atoms with Gasteiger partial charge in [0.05, 0.1) is 17.5 Å². The zero-order valence-corrected chi connectivity index (χ0v) is 18.1. The SMILES string of the molecule is Cn1c(=O)n(Cc2ccc(C(F)(F)F)cc2)c(=O)c2cc(C(=O)OCc3ccccc3)sc21. The van der Waals surface area contributed by atoms with Gasteiger partial charge < -0.3 is 4.74 Å². The van der Waals surface area contributed by atoms with Crippen molar-refractivity contribution in [2.45, 2.75) is 19.3 Å². The van der Waals surface area contributed by atoms with E-state index in [0.717, 1.165) is 33.6 Å². The molecule has 2 aromatic heterocycles. The summed E-state index contributed by atoms with van der Waals surface area (Å²) in [5.74, 6) is -0.624. The number of halogens is 3. The molecule has 0 spiro atoms. The number of nitrogens with zero attached hydrogens (tertiary/aromatic N) is 2. The maximum Gasteiger partial charge on any atom is 0.416 e. The Labute approximate surface area is 189 Å². The number of aryl methyl sites for hydroxylation is 1. The van der Waals surface area contributed by atoms with Crippen molar-refractivity contribution in [2.75, 3.05) is 0 Å². The van der Waals surface area contributed by atoms with Gasteiger partial charge in [-0.15, -0.1) is 11.3 Å². The molecule has 0 aliphatic heterocycles. The van der Waals surface area contributed by atoms with Gasteiger partial charge in [-0.25, -0.2) is 9.59 Å². The van der Waals surface area contributed by atoms with Gasteiger partial charge in [0.2, 0.25) is 0 Å². The number of ether oxygens (including phenoxy) is 1. The summed E-state index contributed by atoms with van der Waals surface area (Å²) in [5, 5.41) is 0.153. The van der Waals surface area contributed by atoms with E-state index in [9.17, 15) is 27.6 Å². The highest BCUT2D eigenvalue weighted by atomic mass is 32.1. The third-order valence-electron chi connectivity index (χ3n) is 5.05. The number of esters is 1. The molecule has 2 aromatic carbocycles. The van der Waals surface area contributed by atoms with Gasteiger partial charge in [0.1, 0.15) is 16.3 Å². The smallest absolute Gasteiger partial charge is 0.416 e. The number of carbonyl (C=O) groups is 1. The van der Waals surface area contributed by atoms with Gasteiger partial charge in [0.25, 0.3) is 5.56 Å². The van der Waals surface area contributed by atoms with Crippen molar-refractivity contribution in [3.05, 3.63) is 103 Å². The van der Waals surface area contributed by atoms with Crippen molar-refractivity contribution in [1.29, 1.82) is 0 Å². The van der Waals surface area contributed by atoms with Gasteiger partial charge in [-0.3, -0.25) is 13.9 Å². The van der Waals surface area contributed by atoms with E-state index in [1.807, 2.05) is 30.3 Å². The van der Waals surface area contributed by atoms with Crippen LogP contribution in [0.3, 0.4) is 0 Å². The highest BCUT2D eigenvalue weighted by molar-refractivity contribution is 7.20. The van der Waals surface area contributed by atoms with Crippen LogP contribution in [0.1, 0.15) is 26.4 Å². The minimum atomic E-state index is -4.48. The number of hydrogen-bond donors (Lipinski definition) is 0. The van der Waals surface area contributed by atoms with Crippen molar-refractivity contribution in [1.82, 2.24) is 9.13 Å². The second kappa shape index (κ2) is 8.70. The first-order valence-electron chi connectivity index (χ1n) is 9.75. The average Bonchev–Trinajstić information content (AvgIpc) is 3.25. The first-order valence-corrected chi connectivity index (χ1v) is 10.6. The molecule has 4 aromatic rings. The topological polar surface area (TPSA) is 70.3 Å². The highest BCUT2D eigenvalue weighted by Crippen LogP contribution is 2.29. The minimum absolute atomic E-state index is 0.0605. The van der Waals surface area contributed by atoms with Crippen molar-refractivity contribution in [3.63, 3.8) is 0 Å². The van der Waals surface area contributed by atoms with E-state index in [-0.39, 0.29) is 23.4 Å². The number of hydrogen-bond acceptors (Lipinski definition) is 5. The Bertz CT molecular complexity index is 1440. The number of thiophene rings is 1. The summed E-state index contributed by atoms with van der Waals surface area (Å²) in [5.41, 5.74) is -0.930. The Kier molecular flexibility index (Phi) is 5.94. The van der Waals surface area contributed by atoms with Gasteiger partial charge in [-0.2, -0.15) is 13.2 Å². The third kappa shape index (κ3) is 4.61. The van der Waals surface area contributed by atoms with Crippen LogP contribution in [0.2, 0.25) is 0 Å². The number of carbonyl (C=O) groups excluding carboxylic acids is 1. The molecule has 6 nitrogen and oxygen atoms in total. The van der Waals surface area contributed by atoms with Crippen LogP contribution in [-0.2, 0) is 31.1 Å². The van der Waals surface area contributed by atoms with E-state index in [4.69, 9.17) is 4.74 Å². The molecule has 33 heavy (non-hydrogen) atoms. The Morgan fingerprint density at radius 2 is 1.67 bits per heavy atom. The fourth-order valence-electron chi connectivity index (χ4n) is 3.30. The predicted molar refractivity (Wildman–Crippen MR) is 117 cm³/mol. The van der Waals surface area contributed by atoms with Crippen molar-refractivity contribution < 1.29 is 22.7 Å². The molecule has 0 unspecified atom stereocenters. The van der Waals surface area contributed by atoms with Crippen LogP contribution >= 0.6 is 11.3 Å². The van der Waals surface area contributed by atoms with Crippen LogP contribution in [0.4, 0.5) is 13.2 Å². The van der Waals surface area contributed by atoms with Crippen LogP contribution < -0.4 is 11.2 Å². The van der Waals surface area contributed by atoms with Gasteiger partial charge >= 0.3 is 17.8 Å². The van der Waals surface area contributed by atoms with E-state index in [1.165, 1.54) is 29.8 Å². The number of alkyl halides is 3. The highest BCUT2D eigenvalue weighted by Gasteiger charge is 2.30. The molecule has 2 heterocycles. The third-order valence-corrected chi connectivity index (χ3v) is 6.24. The molecule has 0 atom stereocenters.